The van der Waals surface area contributed by atoms with Crippen LogP contribution in [0, 0.1) is 0 Å². The minimum atomic E-state index is -0.382. The van der Waals surface area contributed by atoms with Crippen molar-refractivity contribution in [2.24, 2.45) is 0 Å². The fourth-order valence-electron chi connectivity index (χ4n) is 1.37. The smallest absolute Gasteiger partial charge is 0.119 e. The maximum atomic E-state index is 7.71. The van der Waals surface area contributed by atoms with E-state index in [9.17, 15) is 0 Å². The molecule has 0 N–H and O–H groups in total. The molecule has 0 radical (unpaired) electrons. The van der Waals surface area contributed by atoms with Crippen LogP contribution in [0.25, 0.3) is 0 Å². The molecule has 0 amide bonds. The molecule has 1 aromatic rings. The van der Waals surface area contributed by atoms with Gasteiger partial charge in [-0.2, -0.15) is 0 Å². The van der Waals surface area contributed by atoms with E-state index < -0.39 is 0 Å². The van der Waals surface area contributed by atoms with Gasteiger partial charge in [-0.3, -0.25) is 0 Å². The Balaban J connectivity index is 2.52. The van der Waals surface area contributed by atoms with Crippen LogP contribution in [0.4, 0.5) is 0 Å². The Hall–Kier alpha value is -0.980. The Morgan fingerprint density at radius 2 is 1.67 bits per heavy atom. The van der Waals surface area contributed by atoms with Crippen molar-refractivity contribution in [1.29, 1.82) is 0 Å². The molecule has 0 aliphatic heterocycles. The Labute approximate surface area is 100 Å². The molecule has 0 aromatic heterocycles. The first-order valence-corrected chi connectivity index (χ1v) is 5.70. The average Bonchev–Trinajstić information content (AvgIpc) is 2.45. The molecule has 84 valence electrons. The molecule has 1 heteroatoms. The summed E-state index contributed by atoms with van der Waals surface area (Å²) in [7, 11) is 0. The second-order valence-corrected chi connectivity index (χ2v) is 3.57. The van der Waals surface area contributed by atoms with Gasteiger partial charge in [-0.15, -0.1) is 0 Å². The molecule has 0 aliphatic rings. The maximum Gasteiger partial charge on any atom is 0.119 e. The average molecular weight is 211 g/mol. The SMILES string of the molecule is [2H]c1c([2H])c([2H])c(OCCCCCCCC)c([2H])c1[2H]. The van der Waals surface area contributed by atoms with Gasteiger partial charge in [0, 0.05) is 0 Å². The van der Waals surface area contributed by atoms with Crippen molar-refractivity contribution in [3.63, 3.8) is 0 Å². The summed E-state index contributed by atoms with van der Waals surface area (Å²) in [4.78, 5) is 0. The first-order valence-electron chi connectivity index (χ1n) is 8.20. The normalized spacial score (nSPS) is 14.9. The predicted octanol–water partition coefficient (Wildman–Crippen LogP) is 4.43. The van der Waals surface area contributed by atoms with E-state index in [2.05, 4.69) is 6.92 Å². The van der Waals surface area contributed by atoms with Gasteiger partial charge >= 0.3 is 0 Å². The number of ether oxygens (including phenoxy) is 1. The van der Waals surface area contributed by atoms with Crippen LogP contribution in [0.3, 0.4) is 0 Å². The summed E-state index contributed by atoms with van der Waals surface area (Å²) < 4.78 is 43.4. The number of unbranched alkanes of at least 4 members (excludes halogenated alkanes) is 5. The Morgan fingerprint density at radius 1 is 1.00 bits per heavy atom. The van der Waals surface area contributed by atoms with Crippen LogP contribution in [0.1, 0.15) is 52.3 Å². The monoisotopic (exact) mass is 211 g/mol. The summed E-state index contributed by atoms with van der Waals surface area (Å²) in [5.41, 5.74) is 0. The second kappa shape index (κ2) is 8.34. The Morgan fingerprint density at radius 3 is 2.40 bits per heavy atom. The van der Waals surface area contributed by atoms with Crippen molar-refractivity contribution in [1.82, 2.24) is 0 Å². The van der Waals surface area contributed by atoms with Crippen LogP contribution in [-0.4, -0.2) is 6.61 Å². The summed E-state index contributed by atoms with van der Waals surface area (Å²) in [6.45, 7) is 2.56. The Kier molecular flexibility index (Phi) is 3.65. The van der Waals surface area contributed by atoms with Gasteiger partial charge in [0.25, 0.3) is 0 Å². The Bertz CT molecular complexity index is 419. The van der Waals surface area contributed by atoms with Gasteiger partial charge in [-0.25, -0.2) is 0 Å². The van der Waals surface area contributed by atoms with Crippen molar-refractivity contribution in [2.75, 3.05) is 6.61 Å². The third kappa shape index (κ3) is 6.16. The van der Waals surface area contributed by atoms with Crippen molar-refractivity contribution in [3.8, 4) is 5.75 Å². The van der Waals surface area contributed by atoms with Crippen molar-refractivity contribution in [2.45, 2.75) is 45.4 Å². The third-order valence-electron chi connectivity index (χ3n) is 2.22. The van der Waals surface area contributed by atoms with Gasteiger partial charge < -0.3 is 4.74 Å². The minimum Gasteiger partial charge on any atom is -0.494 e. The number of hydrogen-bond acceptors (Lipinski definition) is 1. The molecule has 15 heavy (non-hydrogen) atoms. The van der Waals surface area contributed by atoms with Gasteiger partial charge in [0.15, 0.2) is 0 Å². The highest BCUT2D eigenvalue weighted by Crippen LogP contribution is 2.10. The van der Waals surface area contributed by atoms with E-state index in [4.69, 9.17) is 11.6 Å². The highest BCUT2D eigenvalue weighted by Gasteiger charge is 1.92. The number of rotatable bonds is 8. The number of hydrogen-bond donors (Lipinski definition) is 0. The van der Waals surface area contributed by atoms with Crippen molar-refractivity contribution >= 4 is 0 Å². The second-order valence-electron chi connectivity index (χ2n) is 3.57. The fourth-order valence-corrected chi connectivity index (χ4v) is 1.37. The zero-order valence-electron chi connectivity index (χ0n) is 14.4. The van der Waals surface area contributed by atoms with Gasteiger partial charge in [-0.1, -0.05) is 57.2 Å². The lowest BCUT2D eigenvalue weighted by Crippen LogP contribution is -1.96. The van der Waals surface area contributed by atoms with E-state index in [-0.39, 0.29) is 36.0 Å². The van der Waals surface area contributed by atoms with Crippen molar-refractivity contribution < 1.29 is 11.6 Å². The van der Waals surface area contributed by atoms with E-state index >= 15 is 0 Å². The molecule has 0 aliphatic carbocycles. The lowest BCUT2D eigenvalue weighted by molar-refractivity contribution is 0.304. The fraction of sp³-hybridized carbons (Fsp3) is 0.571. The first kappa shape index (κ1) is 6.57. The van der Waals surface area contributed by atoms with Gasteiger partial charge in [0.1, 0.15) is 5.75 Å². The molecule has 0 bridgehead atoms. The topological polar surface area (TPSA) is 9.23 Å². The predicted molar refractivity (Wildman–Crippen MR) is 65.3 cm³/mol. The molecule has 0 fully saturated rings. The lowest BCUT2D eigenvalue weighted by Gasteiger charge is -2.05. The van der Waals surface area contributed by atoms with E-state index in [1.54, 1.807) is 0 Å². The largest absolute Gasteiger partial charge is 0.494 e. The summed E-state index contributed by atoms with van der Waals surface area (Å²) in [6.07, 6.45) is 6.69. The van der Waals surface area contributed by atoms with Crippen LogP contribution >= 0.6 is 0 Å². The molecule has 1 aromatic carbocycles. The van der Waals surface area contributed by atoms with E-state index in [0.717, 1.165) is 19.3 Å². The molecule has 0 saturated carbocycles. The van der Waals surface area contributed by atoms with Gasteiger partial charge in [0.05, 0.1) is 13.5 Å². The van der Waals surface area contributed by atoms with Crippen molar-refractivity contribution in [3.05, 3.63) is 30.2 Å². The van der Waals surface area contributed by atoms with Gasteiger partial charge in [0.2, 0.25) is 0 Å². The minimum absolute atomic E-state index is 0.0374. The molecule has 0 saturated heterocycles. The molecular weight excluding hydrogens is 184 g/mol. The summed E-state index contributed by atoms with van der Waals surface area (Å²) in [5.74, 6) is -0.0374. The number of para-hydroxylation sites is 1. The van der Waals surface area contributed by atoms with Crippen LogP contribution in [0.2, 0.25) is 0 Å². The molecular formula is C14H22O. The highest BCUT2D eigenvalue weighted by atomic mass is 16.5. The van der Waals surface area contributed by atoms with Crippen LogP contribution in [0.5, 0.6) is 5.75 Å². The van der Waals surface area contributed by atoms with E-state index in [1.807, 2.05) is 0 Å². The maximum absolute atomic E-state index is 7.71. The van der Waals surface area contributed by atoms with E-state index in [1.165, 1.54) is 19.3 Å². The first-order chi connectivity index (χ1) is 9.50. The van der Waals surface area contributed by atoms with E-state index in [0.29, 0.717) is 6.61 Å². The molecule has 0 spiro atoms. The standard InChI is InChI=1S/C14H22O/c1-2-3-4-5-6-10-13-15-14-11-8-7-9-12-14/h7-9,11-12H,2-6,10,13H2,1H3/i7D,8D,9D,11D,12D. The van der Waals surface area contributed by atoms with Crippen LogP contribution in [0.15, 0.2) is 30.2 Å². The zero-order chi connectivity index (χ0) is 15.1. The van der Waals surface area contributed by atoms with Crippen LogP contribution in [-0.2, 0) is 0 Å². The molecule has 0 heterocycles. The van der Waals surface area contributed by atoms with Gasteiger partial charge in [-0.05, 0) is 18.5 Å². The summed E-state index contributed by atoms with van der Waals surface area (Å²) in [5, 5.41) is 0. The number of benzene rings is 1. The highest BCUT2D eigenvalue weighted by molar-refractivity contribution is 5.20. The van der Waals surface area contributed by atoms with Crippen LogP contribution < -0.4 is 4.74 Å². The zero-order valence-corrected chi connectivity index (χ0v) is 9.36. The summed E-state index contributed by atoms with van der Waals surface area (Å²) >= 11 is 0. The third-order valence-corrected chi connectivity index (χ3v) is 2.22. The lowest BCUT2D eigenvalue weighted by atomic mass is 10.1. The molecule has 0 atom stereocenters. The molecule has 1 rings (SSSR count). The quantitative estimate of drug-likeness (QED) is 0.578. The molecule has 0 unspecified atom stereocenters. The summed E-state index contributed by atoms with van der Waals surface area (Å²) in [6, 6.07) is -1.59. The molecule has 1 nitrogen and oxygen atoms in total.